The number of aryl methyl sites for hydroxylation is 1. The van der Waals surface area contributed by atoms with Crippen LogP contribution in [-0.4, -0.2) is 36.4 Å². The van der Waals surface area contributed by atoms with Crippen LogP contribution in [0.5, 0.6) is 0 Å². The fourth-order valence-electron chi connectivity index (χ4n) is 3.02. The molecule has 1 saturated heterocycles. The molecular formula is C17H21ClN4. The molecule has 0 atom stereocenters. The lowest BCUT2D eigenvalue weighted by atomic mass is 10.0. The summed E-state index contributed by atoms with van der Waals surface area (Å²) in [6.07, 6.45) is 2.24. The summed E-state index contributed by atoms with van der Waals surface area (Å²) in [5.74, 6) is 0.918. The first-order valence-electron chi connectivity index (χ1n) is 7.67. The van der Waals surface area contributed by atoms with Crippen molar-refractivity contribution in [2.45, 2.75) is 25.8 Å². The van der Waals surface area contributed by atoms with Crippen molar-refractivity contribution in [3.8, 4) is 0 Å². The van der Waals surface area contributed by atoms with Crippen LogP contribution in [0.1, 0.15) is 18.4 Å². The van der Waals surface area contributed by atoms with Crippen molar-refractivity contribution in [2.75, 3.05) is 29.9 Å². The Morgan fingerprint density at radius 1 is 1.14 bits per heavy atom. The van der Waals surface area contributed by atoms with E-state index in [2.05, 4.69) is 58.2 Å². The Hall–Kier alpha value is -1.81. The molecule has 1 aromatic carbocycles. The van der Waals surface area contributed by atoms with Crippen LogP contribution in [0.3, 0.4) is 0 Å². The zero-order valence-electron chi connectivity index (χ0n) is 13.0. The van der Waals surface area contributed by atoms with Crippen molar-refractivity contribution < 1.29 is 0 Å². The molecule has 0 saturated carbocycles. The Balaban J connectivity index is 1.62. The van der Waals surface area contributed by atoms with Crippen molar-refractivity contribution >= 4 is 23.1 Å². The highest BCUT2D eigenvalue weighted by Gasteiger charge is 2.23. The van der Waals surface area contributed by atoms with Gasteiger partial charge in [-0.05, 0) is 49.6 Å². The quantitative estimate of drug-likeness (QED) is 0.867. The van der Waals surface area contributed by atoms with E-state index in [-0.39, 0.29) is 0 Å². The summed E-state index contributed by atoms with van der Waals surface area (Å²) in [5.41, 5.74) is 2.60. The zero-order valence-corrected chi connectivity index (χ0v) is 13.8. The second-order valence-corrected chi connectivity index (χ2v) is 6.27. The first-order valence-corrected chi connectivity index (χ1v) is 8.05. The second-order valence-electron chi connectivity index (χ2n) is 5.88. The largest absolute Gasteiger partial charge is 0.371 e. The number of piperidine rings is 1. The summed E-state index contributed by atoms with van der Waals surface area (Å²) < 4.78 is 0. The monoisotopic (exact) mass is 316 g/mol. The van der Waals surface area contributed by atoms with Gasteiger partial charge in [0.25, 0.3) is 0 Å². The van der Waals surface area contributed by atoms with Crippen LogP contribution in [0.15, 0.2) is 36.4 Å². The Labute approximate surface area is 136 Å². The van der Waals surface area contributed by atoms with E-state index in [0.29, 0.717) is 11.2 Å². The fourth-order valence-corrected chi connectivity index (χ4v) is 3.12. The van der Waals surface area contributed by atoms with Gasteiger partial charge in [-0.3, -0.25) is 0 Å². The topological polar surface area (TPSA) is 32.3 Å². The van der Waals surface area contributed by atoms with Crippen molar-refractivity contribution in [3.05, 3.63) is 47.1 Å². The van der Waals surface area contributed by atoms with Gasteiger partial charge in [-0.25, -0.2) is 0 Å². The van der Waals surface area contributed by atoms with Crippen LogP contribution in [0.25, 0.3) is 0 Å². The highest BCUT2D eigenvalue weighted by molar-refractivity contribution is 6.29. The average Bonchev–Trinajstić information content (AvgIpc) is 2.55. The second kappa shape index (κ2) is 6.53. The minimum Gasteiger partial charge on any atom is -0.371 e. The number of anilines is 2. The molecule has 5 heteroatoms. The molecule has 2 aromatic rings. The van der Waals surface area contributed by atoms with E-state index in [1.54, 1.807) is 6.07 Å². The third-order valence-electron chi connectivity index (χ3n) is 4.36. The first-order chi connectivity index (χ1) is 10.6. The molecule has 0 amide bonds. The highest BCUT2D eigenvalue weighted by atomic mass is 35.5. The van der Waals surface area contributed by atoms with Crippen LogP contribution in [-0.2, 0) is 0 Å². The van der Waals surface area contributed by atoms with Crippen LogP contribution in [0.4, 0.5) is 11.5 Å². The molecule has 0 N–H and O–H groups in total. The lowest BCUT2D eigenvalue weighted by Crippen LogP contribution is -2.43. The molecule has 1 fully saturated rings. The lowest BCUT2D eigenvalue weighted by Gasteiger charge is -2.38. The molecule has 0 bridgehead atoms. The molecule has 0 radical (unpaired) electrons. The molecule has 0 unspecified atom stereocenters. The molecule has 1 aliphatic heterocycles. The number of halogens is 1. The van der Waals surface area contributed by atoms with Crippen molar-refractivity contribution in [1.82, 2.24) is 10.2 Å². The molecule has 2 heterocycles. The van der Waals surface area contributed by atoms with E-state index < -0.39 is 0 Å². The third-order valence-corrected chi connectivity index (χ3v) is 4.56. The van der Waals surface area contributed by atoms with Crippen LogP contribution in [0.2, 0.25) is 5.15 Å². The van der Waals surface area contributed by atoms with E-state index >= 15 is 0 Å². The lowest BCUT2D eigenvalue weighted by molar-refractivity contribution is 0.479. The number of aromatic nitrogens is 2. The first kappa shape index (κ1) is 15.1. The van der Waals surface area contributed by atoms with Gasteiger partial charge in [-0.15, -0.1) is 10.2 Å². The molecule has 22 heavy (non-hydrogen) atoms. The fraction of sp³-hybridized carbons (Fsp3) is 0.412. The van der Waals surface area contributed by atoms with Gasteiger partial charge >= 0.3 is 0 Å². The van der Waals surface area contributed by atoms with Gasteiger partial charge in [-0.1, -0.05) is 23.7 Å². The number of rotatable bonds is 3. The van der Waals surface area contributed by atoms with Gasteiger partial charge in [0, 0.05) is 31.9 Å². The molecule has 0 spiro atoms. The maximum absolute atomic E-state index is 5.80. The van der Waals surface area contributed by atoms with E-state index in [4.69, 9.17) is 11.6 Å². The molecule has 1 aliphatic rings. The van der Waals surface area contributed by atoms with Gasteiger partial charge in [-0.2, -0.15) is 0 Å². The zero-order chi connectivity index (χ0) is 15.5. The predicted molar refractivity (Wildman–Crippen MR) is 91.9 cm³/mol. The molecule has 0 aliphatic carbocycles. The Bertz CT molecular complexity index is 621. The molecule has 1 aromatic heterocycles. The Kier molecular flexibility index (Phi) is 4.48. The number of benzene rings is 1. The smallest absolute Gasteiger partial charge is 0.151 e. The number of hydrogen-bond acceptors (Lipinski definition) is 4. The Morgan fingerprint density at radius 3 is 2.55 bits per heavy atom. The minimum atomic E-state index is 0.442. The summed E-state index contributed by atoms with van der Waals surface area (Å²) in [6.45, 7) is 4.13. The van der Waals surface area contributed by atoms with Crippen LogP contribution < -0.4 is 9.80 Å². The van der Waals surface area contributed by atoms with Crippen molar-refractivity contribution in [1.29, 1.82) is 0 Å². The summed E-state index contributed by atoms with van der Waals surface area (Å²) in [4.78, 5) is 4.68. The SMILES string of the molecule is Cc1cccc(N(C)C2CCN(c3ccc(Cl)nn3)CC2)c1. The van der Waals surface area contributed by atoms with Gasteiger partial charge in [0.1, 0.15) is 0 Å². The van der Waals surface area contributed by atoms with Crippen LogP contribution >= 0.6 is 11.6 Å². The maximum Gasteiger partial charge on any atom is 0.151 e. The molecule has 3 rings (SSSR count). The van der Waals surface area contributed by atoms with E-state index in [9.17, 15) is 0 Å². The molecular weight excluding hydrogens is 296 g/mol. The average molecular weight is 317 g/mol. The maximum atomic E-state index is 5.80. The summed E-state index contributed by atoms with van der Waals surface area (Å²) in [7, 11) is 2.19. The van der Waals surface area contributed by atoms with Gasteiger partial charge < -0.3 is 9.80 Å². The van der Waals surface area contributed by atoms with E-state index in [1.807, 2.05) is 6.07 Å². The standard InChI is InChI=1S/C17H21ClN4/c1-13-4-3-5-15(12-13)21(2)14-8-10-22(11-9-14)17-7-6-16(18)19-20-17/h3-7,12,14H,8-11H2,1-2H3. The van der Waals surface area contributed by atoms with E-state index in [1.165, 1.54) is 11.3 Å². The third kappa shape index (κ3) is 3.33. The van der Waals surface area contributed by atoms with Gasteiger partial charge in [0.2, 0.25) is 0 Å². The number of nitrogens with zero attached hydrogens (tertiary/aromatic N) is 4. The van der Waals surface area contributed by atoms with E-state index in [0.717, 1.165) is 31.7 Å². The van der Waals surface area contributed by atoms with Crippen molar-refractivity contribution in [2.24, 2.45) is 0 Å². The number of hydrogen-bond donors (Lipinski definition) is 0. The van der Waals surface area contributed by atoms with Gasteiger partial charge in [0.15, 0.2) is 11.0 Å². The Morgan fingerprint density at radius 2 is 1.91 bits per heavy atom. The summed E-state index contributed by atoms with van der Waals surface area (Å²) in [6, 6.07) is 13.0. The molecule has 4 nitrogen and oxygen atoms in total. The van der Waals surface area contributed by atoms with Crippen LogP contribution in [0, 0.1) is 6.92 Å². The molecule has 116 valence electrons. The summed E-state index contributed by atoms with van der Waals surface area (Å²) >= 11 is 5.80. The normalized spacial score (nSPS) is 15.9. The highest BCUT2D eigenvalue weighted by Crippen LogP contribution is 2.25. The van der Waals surface area contributed by atoms with Crippen molar-refractivity contribution in [3.63, 3.8) is 0 Å². The minimum absolute atomic E-state index is 0.442. The van der Waals surface area contributed by atoms with Gasteiger partial charge in [0.05, 0.1) is 0 Å². The predicted octanol–water partition coefficient (Wildman–Crippen LogP) is 3.54. The summed E-state index contributed by atoms with van der Waals surface area (Å²) in [5, 5.41) is 8.54.